The molecule has 0 aromatic rings. The third-order valence-corrected chi connectivity index (χ3v) is 5.27. The van der Waals surface area contributed by atoms with Crippen LogP contribution in [-0.2, 0) is 0 Å². The molecule has 86 valence electrons. The van der Waals surface area contributed by atoms with Crippen molar-refractivity contribution in [3.05, 3.63) is 0 Å². The van der Waals surface area contributed by atoms with Gasteiger partial charge in [0.1, 0.15) is 0 Å². The van der Waals surface area contributed by atoms with Gasteiger partial charge in [0.15, 0.2) is 0 Å². The van der Waals surface area contributed by atoms with Gasteiger partial charge in [0, 0.05) is 0 Å². The molecule has 3 fully saturated rings. The van der Waals surface area contributed by atoms with E-state index in [1.165, 1.54) is 32.1 Å². The maximum absolute atomic E-state index is 10.0. The van der Waals surface area contributed by atoms with E-state index in [1.54, 1.807) is 0 Å². The number of aliphatic hydroxyl groups is 2. The molecule has 2 nitrogen and oxygen atoms in total. The van der Waals surface area contributed by atoms with Gasteiger partial charge in [0.25, 0.3) is 0 Å². The van der Waals surface area contributed by atoms with Crippen molar-refractivity contribution in [2.45, 2.75) is 57.2 Å². The fourth-order valence-electron chi connectivity index (χ4n) is 4.57. The summed E-state index contributed by atoms with van der Waals surface area (Å²) in [5, 5.41) is 19.8. The van der Waals surface area contributed by atoms with Gasteiger partial charge in [-0.25, -0.2) is 0 Å². The first kappa shape index (κ1) is 10.1. The molecule has 0 spiro atoms. The summed E-state index contributed by atoms with van der Waals surface area (Å²) in [4.78, 5) is 0. The van der Waals surface area contributed by atoms with Crippen LogP contribution in [0.4, 0.5) is 0 Å². The zero-order valence-corrected chi connectivity index (χ0v) is 9.31. The van der Waals surface area contributed by atoms with E-state index in [1.807, 2.05) is 0 Å². The van der Waals surface area contributed by atoms with Crippen LogP contribution in [0.15, 0.2) is 0 Å². The Kier molecular flexibility index (Phi) is 2.52. The first-order chi connectivity index (χ1) is 7.27. The van der Waals surface area contributed by atoms with E-state index in [2.05, 4.69) is 0 Å². The Hall–Kier alpha value is -0.0800. The smallest absolute Gasteiger partial charge is 0.0830 e. The summed E-state index contributed by atoms with van der Waals surface area (Å²) in [6.45, 7) is 0. The third kappa shape index (κ3) is 1.53. The first-order valence-electron chi connectivity index (χ1n) is 6.63. The average Bonchev–Trinajstić information content (AvgIpc) is 2.63. The highest BCUT2D eigenvalue weighted by molar-refractivity contribution is 4.99. The third-order valence-electron chi connectivity index (χ3n) is 5.27. The molecule has 3 saturated carbocycles. The predicted molar refractivity (Wildman–Crippen MR) is 58.3 cm³/mol. The highest BCUT2D eigenvalue weighted by atomic mass is 16.3. The van der Waals surface area contributed by atoms with Gasteiger partial charge < -0.3 is 10.2 Å². The Labute approximate surface area is 91.7 Å². The van der Waals surface area contributed by atoms with Gasteiger partial charge >= 0.3 is 0 Å². The Balaban J connectivity index is 1.79. The van der Waals surface area contributed by atoms with E-state index < -0.39 is 12.2 Å². The fourth-order valence-corrected chi connectivity index (χ4v) is 4.57. The topological polar surface area (TPSA) is 40.5 Å². The zero-order valence-electron chi connectivity index (χ0n) is 9.31. The predicted octanol–water partition coefficient (Wildman–Crippen LogP) is 1.94. The molecule has 0 bridgehead atoms. The molecule has 0 aromatic heterocycles. The highest BCUT2D eigenvalue weighted by Gasteiger charge is 2.49. The van der Waals surface area contributed by atoms with Gasteiger partial charge in [0.2, 0.25) is 0 Å². The van der Waals surface area contributed by atoms with Crippen molar-refractivity contribution >= 4 is 0 Å². The zero-order chi connectivity index (χ0) is 10.4. The van der Waals surface area contributed by atoms with Crippen LogP contribution >= 0.6 is 0 Å². The summed E-state index contributed by atoms with van der Waals surface area (Å²) in [6, 6.07) is 0. The number of fused-ring (bicyclic) bond motifs is 3. The van der Waals surface area contributed by atoms with Gasteiger partial charge in [-0.2, -0.15) is 0 Å². The molecule has 15 heavy (non-hydrogen) atoms. The average molecular weight is 210 g/mol. The number of rotatable bonds is 0. The monoisotopic (exact) mass is 210 g/mol. The Morgan fingerprint density at radius 3 is 2.40 bits per heavy atom. The number of hydrogen-bond donors (Lipinski definition) is 2. The molecular weight excluding hydrogens is 188 g/mol. The molecule has 6 unspecified atom stereocenters. The van der Waals surface area contributed by atoms with Crippen molar-refractivity contribution in [3.8, 4) is 0 Å². The van der Waals surface area contributed by atoms with Crippen LogP contribution in [-0.4, -0.2) is 22.4 Å². The van der Waals surface area contributed by atoms with Gasteiger partial charge in [0.05, 0.1) is 12.2 Å². The Morgan fingerprint density at radius 2 is 1.53 bits per heavy atom. The summed E-state index contributed by atoms with van der Waals surface area (Å²) in [7, 11) is 0. The quantitative estimate of drug-likeness (QED) is 0.641. The summed E-state index contributed by atoms with van der Waals surface area (Å²) < 4.78 is 0. The van der Waals surface area contributed by atoms with E-state index in [4.69, 9.17) is 0 Å². The van der Waals surface area contributed by atoms with Crippen LogP contribution in [0.1, 0.15) is 44.9 Å². The highest BCUT2D eigenvalue weighted by Crippen LogP contribution is 2.54. The van der Waals surface area contributed by atoms with Gasteiger partial charge in [-0.3, -0.25) is 0 Å². The fraction of sp³-hybridized carbons (Fsp3) is 1.00. The van der Waals surface area contributed by atoms with Crippen LogP contribution < -0.4 is 0 Å². The SMILES string of the molecule is OC1CCC2C3CCCCC3CC2C1O. The normalized spacial score (nSPS) is 54.8. The molecule has 3 aliphatic rings. The van der Waals surface area contributed by atoms with E-state index in [9.17, 15) is 10.2 Å². The van der Waals surface area contributed by atoms with E-state index in [0.29, 0.717) is 5.92 Å². The molecule has 0 amide bonds. The second-order valence-electron chi connectivity index (χ2n) is 5.91. The van der Waals surface area contributed by atoms with E-state index in [0.717, 1.165) is 30.6 Å². The molecule has 3 aliphatic carbocycles. The van der Waals surface area contributed by atoms with Crippen LogP contribution in [0, 0.1) is 23.7 Å². The first-order valence-corrected chi connectivity index (χ1v) is 6.63. The maximum Gasteiger partial charge on any atom is 0.0830 e. The van der Waals surface area contributed by atoms with Crippen molar-refractivity contribution in [1.29, 1.82) is 0 Å². The minimum atomic E-state index is -0.439. The van der Waals surface area contributed by atoms with Crippen LogP contribution in [0.3, 0.4) is 0 Å². The summed E-state index contributed by atoms with van der Waals surface area (Å²) >= 11 is 0. The summed E-state index contributed by atoms with van der Waals surface area (Å²) in [6.07, 6.45) is 7.85. The van der Waals surface area contributed by atoms with Gasteiger partial charge in [-0.05, 0) is 49.4 Å². The molecule has 0 aromatic carbocycles. The lowest BCUT2D eigenvalue weighted by Gasteiger charge is -2.37. The standard InChI is InChI=1S/C13H22O2/c14-12-6-5-10-9-4-2-1-3-8(9)7-11(10)13(12)15/h8-15H,1-7H2. The van der Waals surface area contributed by atoms with Crippen molar-refractivity contribution < 1.29 is 10.2 Å². The molecular formula is C13H22O2. The van der Waals surface area contributed by atoms with Crippen LogP contribution in [0.25, 0.3) is 0 Å². The number of aliphatic hydroxyl groups excluding tert-OH is 2. The Bertz CT molecular complexity index is 241. The van der Waals surface area contributed by atoms with Crippen LogP contribution in [0.2, 0.25) is 0 Å². The van der Waals surface area contributed by atoms with Gasteiger partial charge in [-0.15, -0.1) is 0 Å². The van der Waals surface area contributed by atoms with E-state index in [-0.39, 0.29) is 0 Å². The largest absolute Gasteiger partial charge is 0.390 e. The summed E-state index contributed by atoms with van der Waals surface area (Å²) in [5.41, 5.74) is 0. The molecule has 0 saturated heterocycles. The van der Waals surface area contributed by atoms with Crippen molar-refractivity contribution in [3.63, 3.8) is 0 Å². The number of hydrogen-bond acceptors (Lipinski definition) is 2. The molecule has 6 atom stereocenters. The molecule has 0 heterocycles. The minimum absolute atomic E-state index is 0.418. The molecule has 0 aliphatic heterocycles. The molecule has 2 N–H and O–H groups in total. The lowest BCUT2D eigenvalue weighted by atomic mass is 9.72. The Morgan fingerprint density at radius 1 is 0.733 bits per heavy atom. The lowest BCUT2D eigenvalue weighted by molar-refractivity contribution is -0.0639. The minimum Gasteiger partial charge on any atom is -0.390 e. The maximum atomic E-state index is 10.0. The van der Waals surface area contributed by atoms with Crippen molar-refractivity contribution in [2.75, 3.05) is 0 Å². The molecule has 0 radical (unpaired) electrons. The van der Waals surface area contributed by atoms with Crippen molar-refractivity contribution in [1.82, 2.24) is 0 Å². The second kappa shape index (κ2) is 3.74. The second-order valence-corrected chi connectivity index (χ2v) is 5.91. The molecule has 2 heteroatoms. The summed E-state index contributed by atoms with van der Waals surface area (Å²) in [5.74, 6) is 2.90. The lowest BCUT2D eigenvalue weighted by Crippen LogP contribution is -2.41. The molecule has 3 rings (SSSR count). The van der Waals surface area contributed by atoms with Crippen LogP contribution in [0.5, 0.6) is 0 Å². The van der Waals surface area contributed by atoms with Crippen molar-refractivity contribution in [2.24, 2.45) is 23.7 Å². The van der Waals surface area contributed by atoms with Gasteiger partial charge in [-0.1, -0.05) is 19.3 Å². The van der Waals surface area contributed by atoms with E-state index >= 15 is 0 Å².